The van der Waals surface area contributed by atoms with Gasteiger partial charge in [0.25, 0.3) is 0 Å². The van der Waals surface area contributed by atoms with E-state index in [1.165, 1.54) is 5.56 Å². The third-order valence-corrected chi connectivity index (χ3v) is 2.75. The lowest BCUT2D eigenvalue weighted by atomic mass is 10.2. The van der Waals surface area contributed by atoms with Crippen molar-refractivity contribution >= 4 is 15.9 Å². The summed E-state index contributed by atoms with van der Waals surface area (Å²) in [6, 6.07) is 8.19. The first-order valence-corrected chi connectivity index (χ1v) is 5.78. The molecule has 0 fully saturated rings. The fraction of sp³-hybridized carbons (Fsp3) is 0.273. The number of hydrogen-bond acceptors (Lipinski definition) is 4. The first-order valence-electron chi connectivity index (χ1n) is 4.99. The van der Waals surface area contributed by atoms with Gasteiger partial charge in [-0.15, -0.1) is 0 Å². The van der Waals surface area contributed by atoms with Crippen LogP contribution in [0.2, 0.25) is 0 Å². The van der Waals surface area contributed by atoms with Crippen LogP contribution in [0.25, 0.3) is 0 Å². The molecule has 0 amide bonds. The lowest BCUT2D eigenvalue weighted by Gasteiger charge is -2.03. The van der Waals surface area contributed by atoms with Crippen LogP contribution in [0.5, 0.6) is 0 Å². The molecule has 1 aromatic heterocycles. The predicted molar refractivity (Wildman–Crippen MR) is 63.7 cm³/mol. The van der Waals surface area contributed by atoms with Crippen LogP contribution in [0.1, 0.15) is 17.0 Å². The first-order chi connectivity index (χ1) is 7.75. The molecule has 0 radical (unpaired) electrons. The number of nitrogens with zero attached hydrogens (tertiary/aromatic N) is 2. The largest absolute Gasteiger partial charge is 0.307 e. The Morgan fingerprint density at radius 1 is 1.31 bits per heavy atom. The van der Waals surface area contributed by atoms with E-state index < -0.39 is 0 Å². The summed E-state index contributed by atoms with van der Waals surface area (Å²) in [4.78, 5) is 0. The fourth-order valence-electron chi connectivity index (χ4n) is 1.38. The molecule has 84 valence electrons. The lowest BCUT2D eigenvalue weighted by Crippen LogP contribution is -2.13. The van der Waals surface area contributed by atoms with Gasteiger partial charge < -0.3 is 5.32 Å². The molecule has 5 heteroatoms. The minimum atomic E-state index is 0.668. The Labute approximate surface area is 102 Å². The molecule has 0 saturated carbocycles. The van der Waals surface area contributed by atoms with Gasteiger partial charge in [-0.1, -0.05) is 38.4 Å². The smallest absolute Gasteiger partial charge is 0.121 e. The second-order valence-electron chi connectivity index (χ2n) is 3.53. The van der Waals surface area contributed by atoms with Crippen molar-refractivity contribution in [1.82, 2.24) is 15.6 Å². The summed E-state index contributed by atoms with van der Waals surface area (Å²) < 4.78 is 5.71. The van der Waals surface area contributed by atoms with Crippen molar-refractivity contribution in [3.05, 3.63) is 45.7 Å². The maximum Gasteiger partial charge on any atom is 0.121 e. The normalized spacial score (nSPS) is 10.6. The van der Waals surface area contributed by atoms with Gasteiger partial charge in [0.2, 0.25) is 0 Å². The zero-order valence-corrected chi connectivity index (χ0v) is 10.5. The van der Waals surface area contributed by atoms with Crippen molar-refractivity contribution < 1.29 is 4.63 Å². The summed E-state index contributed by atoms with van der Waals surface area (Å²) in [7, 11) is 0. The zero-order valence-electron chi connectivity index (χ0n) is 8.90. The summed E-state index contributed by atoms with van der Waals surface area (Å²) in [6.07, 6.45) is 0. The van der Waals surface area contributed by atoms with Crippen molar-refractivity contribution in [2.24, 2.45) is 0 Å². The highest BCUT2D eigenvalue weighted by molar-refractivity contribution is 9.10. The Hall–Kier alpha value is -1.20. The molecule has 0 spiro atoms. The number of nitrogens with one attached hydrogen (secondary N) is 1. The summed E-state index contributed by atoms with van der Waals surface area (Å²) in [5, 5.41) is 10.8. The number of rotatable bonds is 4. The average molecular weight is 282 g/mol. The summed E-state index contributed by atoms with van der Waals surface area (Å²) in [6.45, 7) is 3.35. The molecule has 2 rings (SSSR count). The van der Waals surface area contributed by atoms with E-state index in [2.05, 4.69) is 48.3 Å². The molecule has 0 aliphatic heterocycles. The van der Waals surface area contributed by atoms with Crippen LogP contribution in [-0.4, -0.2) is 10.3 Å². The SMILES string of the molecule is Cc1nonc1CNCc1cccc(Br)c1. The molecule has 16 heavy (non-hydrogen) atoms. The quantitative estimate of drug-likeness (QED) is 0.935. The van der Waals surface area contributed by atoms with Gasteiger partial charge >= 0.3 is 0 Å². The predicted octanol–water partition coefficient (Wildman–Crippen LogP) is 2.43. The second kappa shape index (κ2) is 5.23. The molecule has 0 saturated heterocycles. The first kappa shape index (κ1) is 11.3. The van der Waals surface area contributed by atoms with Crippen LogP contribution < -0.4 is 5.32 Å². The fourth-order valence-corrected chi connectivity index (χ4v) is 1.83. The van der Waals surface area contributed by atoms with Gasteiger partial charge in [-0.25, -0.2) is 4.63 Å². The summed E-state index contributed by atoms with van der Waals surface area (Å²) in [5.74, 6) is 0. The van der Waals surface area contributed by atoms with Crippen molar-refractivity contribution in [3.63, 3.8) is 0 Å². The molecule has 0 atom stereocenters. The van der Waals surface area contributed by atoms with Crippen molar-refractivity contribution in [1.29, 1.82) is 0 Å². The van der Waals surface area contributed by atoms with Crippen LogP contribution in [0, 0.1) is 6.92 Å². The molecule has 4 nitrogen and oxygen atoms in total. The van der Waals surface area contributed by atoms with Gasteiger partial charge in [-0.05, 0) is 24.6 Å². The minimum absolute atomic E-state index is 0.668. The van der Waals surface area contributed by atoms with Gasteiger partial charge in [0.05, 0.1) is 0 Å². The van der Waals surface area contributed by atoms with E-state index >= 15 is 0 Å². The van der Waals surface area contributed by atoms with E-state index in [0.717, 1.165) is 22.4 Å². The van der Waals surface area contributed by atoms with Crippen LogP contribution in [0.15, 0.2) is 33.4 Å². The molecule has 0 bridgehead atoms. The standard InChI is InChI=1S/C11H12BrN3O/c1-8-11(15-16-14-8)7-13-6-9-3-2-4-10(12)5-9/h2-5,13H,6-7H2,1H3. The van der Waals surface area contributed by atoms with Crippen LogP contribution >= 0.6 is 15.9 Å². The van der Waals surface area contributed by atoms with Crippen molar-refractivity contribution in [2.75, 3.05) is 0 Å². The molecule has 0 aliphatic carbocycles. The minimum Gasteiger partial charge on any atom is -0.307 e. The Bertz CT molecular complexity index is 470. The Kier molecular flexibility index (Phi) is 3.69. The number of aromatic nitrogens is 2. The van der Waals surface area contributed by atoms with E-state index in [1.807, 2.05) is 19.1 Å². The number of halogens is 1. The average Bonchev–Trinajstić information content (AvgIpc) is 2.65. The Morgan fingerprint density at radius 3 is 2.88 bits per heavy atom. The van der Waals surface area contributed by atoms with E-state index in [1.54, 1.807) is 0 Å². The van der Waals surface area contributed by atoms with Crippen LogP contribution in [0.4, 0.5) is 0 Å². The van der Waals surface area contributed by atoms with Crippen molar-refractivity contribution in [2.45, 2.75) is 20.0 Å². The molecule has 1 heterocycles. The van der Waals surface area contributed by atoms with E-state index in [-0.39, 0.29) is 0 Å². The molecule has 0 aliphatic rings. The summed E-state index contributed by atoms with van der Waals surface area (Å²) in [5.41, 5.74) is 2.92. The van der Waals surface area contributed by atoms with Crippen LogP contribution in [0.3, 0.4) is 0 Å². The topological polar surface area (TPSA) is 51.0 Å². The Balaban J connectivity index is 1.87. The van der Waals surface area contributed by atoms with E-state index in [4.69, 9.17) is 0 Å². The highest BCUT2D eigenvalue weighted by atomic mass is 79.9. The van der Waals surface area contributed by atoms with E-state index in [0.29, 0.717) is 6.54 Å². The molecule has 0 unspecified atom stereocenters. The van der Waals surface area contributed by atoms with Gasteiger partial charge in [0.15, 0.2) is 0 Å². The molecular formula is C11H12BrN3O. The molecular weight excluding hydrogens is 270 g/mol. The lowest BCUT2D eigenvalue weighted by molar-refractivity contribution is 0.300. The van der Waals surface area contributed by atoms with Gasteiger partial charge in [0.1, 0.15) is 11.4 Å². The zero-order chi connectivity index (χ0) is 11.4. The molecule has 2 aromatic rings. The maximum absolute atomic E-state index is 4.62. The highest BCUT2D eigenvalue weighted by Crippen LogP contribution is 2.11. The van der Waals surface area contributed by atoms with Crippen LogP contribution in [-0.2, 0) is 13.1 Å². The molecule has 1 N–H and O–H groups in total. The third kappa shape index (κ3) is 2.90. The van der Waals surface area contributed by atoms with Gasteiger partial charge in [-0.2, -0.15) is 0 Å². The third-order valence-electron chi connectivity index (χ3n) is 2.26. The highest BCUT2D eigenvalue weighted by Gasteiger charge is 2.03. The molecule has 1 aromatic carbocycles. The second-order valence-corrected chi connectivity index (χ2v) is 4.45. The Morgan fingerprint density at radius 2 is 2.19 bits per heavy atom. The number of benzene rings is 1. The van der Waals surface area contributed by atoms with E-state index in [9.17, 15) is 0 Å². The van der Waals surface area contributed by atoms with Gasteiger partial charge in [0, 0.05) is 17.6 Å². The van der Waals surface area contributed by atoms with Gasteiger partial charge in [-0.3, -0.25) is 0 Å². The van der Waals surface area contributed by atoms with Crippen molar-refractivity contribution in [3.8, 4) is 0 Å². The monoisotopic (exact) mass is 281 g/mol. The maximum atomic E-state index is 4.62. The number of aryl methyl sites for hydroxylation is 1. The number of hydrogen-bond donors (Lipinski definition) is 1. The summed E-state index contributed by atoms with van der Waals surface area (Å²) >= 11 is 3.44.